The molecule has 0 saturated carbocycles. The second-order valence-corrected chi connectivity index (χ2v) is 8.41. The van der Waals surface area contributed by atoms with E-state index in [2.05, 4.69) is 20.6 Å². The van der Waals surface area contributed by atoms with Gasteiger partial charge in [0.1, 0.15) is 11.9 Å². The normalized spacial score (nSPS) is 15.9. The molecule has 2 atom stereocenters. The molecule has 4 rings (SSSR count). The maximum absolute atomic E-state index is 13.7. The molecule has 184 valence electrons. The van der Waals surface area contributed by atoms with Crippen LogP contribution in [0, 0.1) is 6.92 Å². The number of pyridine rings is 1. The zero-order valence-electron chi connectivity index (χ0n) is 19.0. The van der Waals surface area contributed by atoms with Crippen LogP contribution in [0.4, 0.5) is 24.8 Å². The summed E-state index contributed by atoms with van der Waals surface area (Å²) in [5.41, 5.74) is 7.14. The summed E-state index contributed by atoms with van der Waals surface area (Å²) >= 11 is 0. The standard InChI is InChI=1S/C24H25F3N6O2/c1-14-16(7-10-20(28)32-14)11-31-22(34)19-9-8-17-12-29-21(23(35)33(17)19)30-13-18(24(25,26)27)15-5-3-2-4-6-15/h2-7,10,12,18-19H,8-9,11,13H2,1H3,(H2,28,32)(H,29,30)(H,31,34)/t18-,19+/m1/s1. The van der Waals surface area contributed by atoms with Gasteiger partial charge in [-0.15, -0.1) is 0 Å². The van der Waals surface area contributed by atoms with Gasteiger partial charge in [0.15, 0.2) is 5.82 Å². The summed E-state index contributed by atoms with van der Waals surface area (Å²) < 4.78 is 42.3. The van der Waals surface area contributed by atoms with Crippen LogP contribution in [-0.2, 0) is 17.8 Å². The lowest BCUT2D eigenvalue weighted by Crippen LogP contribution is -2.37. The Labute approximate surface area is 199 Å². The lowest BCUT2D eigenvalue weighted by atomic mass is 9.98. The van der Waals surface area contributed by atoms with Gasteiger partial charge in [-0.3, -0.25) is 14.2 Å². The van der Waals surface area contributed by atoms with Gasteiger partial charge in [-0.25, -0.2) is 9.97 Å². The number of hydrogen-bond donors (Lipinski definition) is 3. The average Bonchev–Trinajstić information content (AvgIpc) is 3.25. The number of amides is 1. The average molecular weight is 486 g/mol. The van der Waals surface area contributed by atoms with Crippen molar-refractivity contribution in [3.63, 3.8) is 0 Å². The molecule has 0 radical (unpaired) electrons. The van der Waals surface area contributed by atoms with Gasteiger partial charge in [-0.2, -0.15) is 13.2 Å². The highest BCUT2D eigenvalue weighted by Crippen LogP contribution is 2.34. The number of carbonyl (C=O) groups is 1. The predicted octanol–water partition coefficient (Wildman–Crippen LogP) is 3.09. The van der Waals surface area contributed by atoms with Gasteiger partial charge >= 0.3 is 6.18 Å². The summed E-state index contributed by atoms with van der Waals surface area (Å²) in [4.78, 5) is 34.2. The first-order chi connectivity index (χ1) is 16.6. The minimum absolute atomic E-state index is 0.0819. The number of aromatic nitrogens is 3. The number of nitrogens with zero attached hydrogens (tertiary/aromatic N) is 3. The quantitative estimate of drug-likeness (QED) is 0.473. The largest absolute Gasteiger partial charge is 0.397 e. The second kappa shape index (κ2) is 9.77. The van der Waals surface area contributed by atoms with Crippen molar-refractivity contribution in [3.05, 3.63) is 81.5 Å². The van der Waals surface area contributed by atoms with E-state index in [0.29, 0.717) is 30.0 Å². The van der Waals surface area contributed by atoms with Crippen molar-refractivity contribution in [3.8, 4) is 0 Å². The van der Waals surface area contributed by atoms with Gasteiger partial charge in [0.05, 0.1) is 5.92 Å². The molecular formula is C24H25F3N6O2. The first-order valence-electron chi connectivity index (χ1n) is 11.1. The number of nitrogens with two attached hydrogens (primary N) is 1. The van der Waals surface area contributed by atoms with Crippen LogP contribution in [0.25, 0.3) is 0 Å². The maximum atomic E-state index is 13.7. The van der Waals surface area contributed by atoms with Crippen LogP contribution in [0.2, 0.25) is 0 Å². The van der Waals surface area contributed by atoms with E-state index < -0.39 is 30.2 Å². The van der Waals surface area contributed by atoms with Gasteiger partial charge in [0, 0.05) is 30.7 Å². The highest BCUT2D eigenvalue weighted by atomic mass is 19.4. The molecule has 0 aliphatic carbocycles. The first kappa shape index (κ1) is 24.2. The molecule has 2 aromatic heterocycles. The van der Waals surface area contributed by atoms with Gasteiger partial charge in [0.25, 0.3) is 5.56 Å². The number of nitrogens with one attached hydrogen (secondary N) is 2. The van der Waals surface area contributed by atoms with Crippen molar-refractivity contribution in [2.75, 3.05) is 17.6 Å². The second-order valence-electron chi connectivity index (χ2n) is 8.41. The van der Waals surface area contributed by atoms with Crippen molar-refractivity contribution < 1.29 is 18.0 Å². The summed E-state index contributed by atoms with van der Waals surface area (Å²) in [5, 5.41) is 5.37. The summed E-state index contributed by atoms with van der Waals surface area (Å²) in [7, 11) is 0. The Bertz CT molecular complexity index is 1280. The van der Waals surface area contributed by atoms with Crippen molar-refractivity contribution in [1.82, 2.24) is 19.9 Å². The first-order valence-corrected chi connectivity index (χ1v) is 11.1. The molecule has 0 spiro atoms. The van der Waals surface area contributed by atoms with Crippen LogP contribution in [0.1, 0.15) is 40.9 Å². The van der Waals surface area contributed by atoms with E-state index in [1.54, 1.807) is 25.1 Å². The number of fused-ring (bicyclic) bond motifs is 1. The van der Waals surface area contributed by atoms with E-state index in [1.807, 2.05) is 0 Å². The monoisotopic (exact) mass is 486 g/mol. The molecule has 1 aromatic carbocycles. The van der Waals surface area contributed by atoms with Gasteiger partial charge in [0.2, 0.25) is 5.91 Å². The molecule has 4 N–H and O–H groups in total. The summed E-state index contributed by atoms with van der Waals surface area (Å²) in [5.74, 6) is -2.03. The van der Waals surface area contributed by atoms with Crippen molar-refractivity contribution in [2.24, 2.45) is 0 Å². The molecule has 1 aliphatic rings. The Hall–Kier alpha value is -3.89. The van der Waals surface area contributed by atoms with E-state index in [0.717, 1.165) is 5.56 Å². The minimum atomic E-state index is -4.52. The fraction of sp³-hybridized carbons (Fsp3) is 0.333. The molecule has 8 nitrogen and oxygen atoms in total. The Kier molecular flexibility index (Phi) is 6.77. The zero-order valence-corrected chi connectivity index (χ0v) is 19.0. The lowest BCUT2D eigenvalue weighted by molar-refractivity contribution is -0.147. The van der Waals surface area contributed by atoms with Crippen LogP contribution in [0.5, 0.6) is 0 Å². The molecule has 11 heteroatoms. The summed E-state index contributed by atoms with van der Waals surface area (Å²) in [6, 6.07) is 10.1. The van der Waals surface area contributed by atoms with E-state index in [1.165, 1.54) is 35.0 Å². The van der Waals surface area contributed by atoms with Crippen LogP contribution in [0.15, 0.2) is 53.5 Å². The molecule has 3 aromatic rings. The van der Waals surface area contributed by atoms with E-state index >= 15 is 0 Å². The number of alkyl halides is 3. The zero-order chi connectivity index (χ0) is 25.2. The molecule has 1 aliphatic heterocycles. The summed E-state index contributed by atoms with van der Waals surface area (Å²) in [6.45, 7) is 1.43. The molecule has 0 fully saturated rings. The molecular weight excluding hydrogens is 461 g/mol. The number of aryl methyl sites for hydroxylation is 2. The highest BCUT2D eigenvalue weighted by molar-refractivity contribution is 5.81. The van der Waals surface area contributed by atoms with Crippen LogP contribution in [0.3, 0.4) is 0 Å². The number of nitrogen functional groups attached to an aromatic ring is 1. The predicted molar refractivity (Wildman–Crippen MR) is 125 cm³/mol. The molecule has 0 unspecified atom stereocenters. The fourth-order valence-electron chi connectivity index (χ4n) is 4.21. The topological polar surface area (TPSA) is 115 Å². The number of benzene rings is 1. The third-order valence-corrected chi connectivity index (χ3v) is 6.10. The SMILES string of the molecule is Cc1nc(N)ccc1CNC(=O)[C@@H]1CCc2cnc(NC[C@H](c3ccccc3)C(F)(F)F)c(=O)n21. The number of rotatable bonds is 7. The number of carbonyl (C=O) groups excluding carboxylic acids is 1. The fourth-order valence-corrected chi connectivity index (χ4v) is 4.21. The highest BCUT2D eigenvalue weighted by Gasteiger charge is 2.40. The van der Waals surface area contributed by atoms with Crippen LogP contribution >= 0.6 is 0 Å². The Morgan fingerprint density at radius 1 is 1.23 bits per heavy atom. The van der Waals surface area contributed by atoms with Crippen LogP contribution in [-0.4, -0.2) is 33.2 Å². The van der Waals surface area contributed by atoms with Crippen molar-refractivity contribution in [1.29, 1.82) is 0 Å². The molecule has 1 amide bonds. The molecule has 35 heavy (non-hydrogen) atoms. The van der Waals surface area contributed by atoms with Crippen LogP contribution < -0.4 is 21.9 Å². The lowest BCUT2D eigenvalue weighted by Gasteiger charge is -2.22. The molecule has 0 saturated heterocycles. The Morgan fingerprint density at radius 3 is 2.66 bits per heavy atom. The Balaban J connectivity index is 1.50. The maximum Gasteiger partial charge on any atom is 0.397 e. The van der Waals surface area contributed by atoms with Crippen molar-refractivity contribution >= 4 is 17.5 Å². The summed E-state index contributed by atoms with van der Waals surface area (Å²) in [6.07, 6.45) is -2.24. The van der Waals surface area contributed by atoms with Gasteiger partial charge < -0.3 is 16.4 Å². The minimum Gasteiger partial charge on any atom is -0.384 e. The van der Waals surface area contributed by atoms with E-state index in [-0.39, 0.29) is 23.8 Å². The Morgan fingerprint density at radius 2 is 1.97 bits per heavy atom. The number of hydrogen-bond acceptors (Lipinski definition) is 6. The van der Waals surface area contributed by atoms with Crippen molar-refractivity contribution in [2.45, 2.75) is 44.4 Å². The third-order valence-electron chi connectivity index (χ3n) is 6.10. The number of halogens is 3. The molecule has 3 heterocycles. The van der Waals surface area contributed by atoms with E-state index in [4.69, 9.17) is 5.73 Å². The van der Waals surface area contributed by atoms with Gasteiger partial charge in [-0.1, -0.05) is 36.4 Å². The molecule has 0 bridgehead atoms. The smallest absolute Gasteiger partial charge is 0.384 e. The third kappa shape index (κ3) is 5.28. The van der Waals surface area contributed by atoms with E-state index in [9.17, 15) is 22.8 Å². The number of anilines is 2. The van der Waals surface area contributed by atoms with Gasteiger partial charge in [-0.05, 0) is 37.0 Å².